The predicted molar refractivity (Wildman–Crippen MR) is 107 cm³/mol. The van der Waals surface area contributed by atoms with Gasteiger partial charge in [-0.15, -0.1) is 10.2 Å². The topological polar surface area (TPSA) is 56.7 Å². The van der Waals surface area contributed by atoms with Gasteiger partial charge < -0.3 is 4.42 Å². The third-order valence-corrected chi connectivity index (χ3v) is 5.19. The van der Waals surface area contributed by atoms with Gasteiger partial charge in [0.15, 0.2) is 10.9 Å². The monoisotopic (exact) mass is 396 g/mol. The van der Waals surface area contributed by atoms with Crippen LogP contribution in [-0.4, -0.2) is 19.7 Å². The Morgan fingerprint density at radius 3 is 2.74 bits per heavy atom. The maximum absolute atomic E-state index is 6.05. The molecule has 0 saturated heterocycles. The van der Waals surface area contributed by atoms with Crippen molar-refractivity contribution in [1.82, 2.24) is 19.7 Å². The fourth-order valence-electron chi connectivity index (χ4n) is 2.78. The van der Waals surface area contributed by atoms with Crippen LogP contribution in [0.5, 0.6) is 0 Å². The molecule has 0 fully saturated rings. The van der Waals surface area contributed by atoms with Gasteiger partial charge in [0.2, 0.25) is 5.89 Å². The molecule has 2 aromatic carbocycles. The van der Waals surface area contributed by atoms with Crippen molar-refractivity contribution >= 4 is 23.4 Å². The highest BCUT2D eigenvalue weighted by Gasteiger charge is 2.14. The molecule has 0 spiro atoms. The SMILES string of the molecule is Cc1cccc(-n2c(C)nnc2SCc2ncc(-c3cccc(Cl)c3)o2)c1. The first-order valence-corrected chi connectivity index (χ1v) is 9.79. The van der Waals surface area contributed by atoms with E-state index in [1.165, 1.54) is 5.56 Å². The minimum absolute atomic E-state index is 0.560. The van der Waals surface area contributed by atoms with E-state index in [2.05, 4.69) is 40.3 Å². The van der Waals surface area contributed by atoms with Crippen LogP contribution in [0.15, 0.2) is 64.3 Å². The Hall–Kier alpha value is -2.57. The van der Waals surface area contributed by atoms with Crippen LogP contribution in [0.25, 0.3) is 17.0 Å². The zero-order chi connectivity index (χ0) is 18.8. The average molecular weight is 397 g/mol. The standard InChI is InChI=1S/C20H17ClN4OS/c1-13-5-3-8-17(9-13)25-14(2)23-24-20(25)27-12-19-22-11-18(26-19)15-6-4-7-16(21)10-15/h3-11H,12H2,1-2H3. The van der Waals surface area contributed by atoms with E-state index in [1.807, 2.05) is 41.8 Å². The van der Waals surface area contributed by atoms with Gasteiger partial charge in [0.1, 0.15) is 5.82 Å². The third-order valence-electron chi connectivity index (χ3n) is 4.04. The second kappa shape index (κ2) is 7.58. The number of thioether (sulfide) groups is 1. The molecule has 27 heavy (non-hydrogen) atoms. The smallest absolute Gasteiger partial charge is 0.205 e. The van der Waals surface area contributed by atoms with E-state index in [0.29, 0.717) is 22.4 Å². The van der Waals surface area contributed by atoms with Gasteiger partial charge in [-0.2, -0.15) is 0 Å². The van der Waals surface area contributed by atoms with Gasteiger partial charge in [0.05, 0.1) is 11.9 Å². The first-order valence-electron chi connectivity index (χ1n) is 8.42. The Labute approximate surface area is 166 Å². The molecule has 7 heteroatoms. The van der Waals surface area contributed by atoms with Crippen LogP contribution in [-0.2, 0) is 5.75 Å². The lowest BCUT2D eigenvalue weighted by molar-refractivity contribution is 0.529. The number of aryl methyl sites for hydroxylation is 2. The van der Waals surface area contributed by atoms with Gasteiger partial charge in [0, 0.05) is 16.3 Å². The van der Waals surface area contributed by atoms with Gasteiger partial charge in [-0.3, -0.25) is 4.57 Å². The summed E-state index contributed by atoms with van der Waals surface area (Å²) in [4.78, 5) is 4.37. The maximum Gasteiger partial charge on any atom is 0.205 e. The lowest BCUT2D eigenvalue weighted by Gasteiger charge is -2.08. The zero-order valence-electron chi connectivity index (χ0n) is 14.9. The maximum atomic E-state index is 6.05. The van der Waals surface area contributed by atoms with E-state index in [1.54, 1.807) is 18.0 Å². The second-order valence-electron chi connectivity index (χ2n) is 6.12. The molecule has 5 nitrogen and oxygen atoms in total. The Morgan fingerprint density at radius 1 is 1.07 bits per heavy atom. The fraction of sp³-hybridized carbons (Fsp3) is 0.150. The van der Waals surface area contributed by atoms with Gasteiger partial charge in [-0.05, 0) is 43.7 Å². The first-order chi connectivity index (χ1) is 13.1. The van der Waals surface area contributed by atoms with E-state index in [-0.39, 0.29) is 0 Å². The van der Waals surface area contributed by atoms with Crippen molar-refractivity contribution in [2.24, 2.45) is 0 Å². The second-order valence-corrected chi connectivity index (χ2v) is 7.50. The van der Waals surface area contributed by atoms with Crippen LogP contribution in [0, 0.1) is 13.8 Å². The van der Waals surface area contributed by atoms with E-state index >= 15 is 0 Å². The molecule has 0 amide bonds. The molecule has 0 aliphatic rings. The number of benzene rings is 2. The molecule has 0 N–H and O–H groups in total. The van der Waals surface area contributed by atoms with Crippen molar-refractivity contribution in [3.05, 3.63) is 77.0 Å². The summed E-state index contributed by atoms with van der Waals surface area (Å²) in [6.45, 7) is 4.02. The van der Waals surface area contributed by atoms with E-state index < -0.39 is 0 Å². The molecule has 0 radical (unpaired) electrons. The van der Waals surface area contributed by atoms with Gasteiger partial charge in [-0.1, -0.05) is 47.6 Å². The van der Waals surface area contributed by atoms with E-state index in [4.69, 9.17) is 16.0 Å². The van der Waals surface area contributed by atoms with Gasteiger partial charge in [0.25, 0.3) is 0 Å². The summed E-state index contributed by atoms with van der Waals surface area (Å²) in [7, 11) is 0. The number of hydrogen-bond acceptors (Lipinski definition) is 5. The minimum Gasteiger partial charge on any atom is -0.440 e. The molecule has 0 bridgehead atoms. The van der Waals surface area contributed by atoms with Crippen molar-refractivity contribution in [3.8, 4) is 17.0 Å². The summed E-state index contributed by atoms with van der Waals surface area (Å²) in [5.41, 5.74) is 3.15. The summed E-state index contributed by atoms with van der Waals surface area (Å²) >= 11 is 7.59. The van der Waals surface area contributed by atoms with Crippen molar-refractivity contribution in [2.45, 2.75) is 24.8 Å². The summed E-state index contributed by atoms with van der Waals surface area (Å²) in [6, 6.07) is 15.8. The summed E-state index contributed by atoms with van der Waals surface area (Å²) in [5.74, 6) is 2.73. The molecule has 0 unspecified atom stereocenters. The molecule has 0 atom stereocenters. The fourth-order valence-corrected chi connectivity index (χ4v) is 3.82. The number of nitrogens with zero attached hydrogens (tertiary/aromatic N) is 4. The van der Waals surface area contributed by atoms with E-state index in [0.717, 1.165) is 22.2 Å². The largest absolute Gasteiger partial charge is 0.440 e. The molecule has 0 aliphatic carbocycles. The van der Waals surface area contributed by atoms with Crippen LogP contribution in [0.1, 0.15) is 17.3 Å². The number of halogens is 1. The Kier molecular flexibility index (Phi) is 5.01. The van der Waals surface area contributed by atoms with Crippen molar-refractivity contribution < 1.29 is 4.42 Å². The van der Waals surface area contributed by atoms with Crippen LogP contribution in [0.3, 0.4) is 0 Å². The van der Waals surface area contributed by atoms with Crippen molar-refractivity contribution in [1.29, 1.82) is 0 Å². The molecule has 4 aromatic rings. The molecule has 2 aromatic heterocycles. The molecule has 0 saturated carbocycles. The van der Waals surface area contributed by atoms with Crippen molar-refractivity contribution in [3.63, 3.8) is 0 Å². The van der Waals surface area contributed by atoms with Crippen LogP contribution in [0.4, 0.5) is 0 Å². The normalized spacial score (nSPS) is 11.1. The predicted octanol–water partition coefficient (Wildman–Crippen LogP) is 5.48. The number of aromatic nitrogens is 4. The Balaban J connectivity index is 1.54. The first kappa shape index (κ1) is 17.8. The molecule has 0 aliphatic heterocycles. The number of rotatable bonds is 5. The lowest BCUT2D eigenvalue weighted by Crippen LogP contribution is -1.99. The summed E-state index contributed by atoms with van der Waals surface area (Å²) in [6.07, 6.45) is 1.72. The van der Waals surface area contributed by atoms with Crippen LogP contribution in [0.2, 0.25) is 5.02 Å². The van der Waals surface area contributed by atoms with Crippen LogP contribution < -0.4 is 0 Å². The molecule has 136 valence electrons. The molecule has 2 heterocycles. The highest BCUT2D eigenvalue weighted by molar-refractivity contribution is 7.98. The molecular weight excluding hydrogens is 380 g/mol. The zero-order valence-corrected chi connectivity index (χ0v) is 16.5. The Bertz CT molecular complexity index is 1090. The highest BCUT2D eigenvalue weighted by atomic mass is 35.5. The molecular formula is C20H17ClN4OS. The third kappa shape index (κ3) is 3.91. The quantitative estimate of drug-likeness (QED) is 0.418. The summed E-state index contributed by atoms with van der Waals surface area (Å²) < 4.78 is 7.91. The highest BCUT2D eigenvalue weighted by Crippen LogP contribution is 2.28. The lowest BCUT2D eigenvalue weighted by atomic mass is 10.2. The summed E-state index contributed by atoms with van der Waals surface area (Å²) in [5, 5.41) is 10.0. The number of hydrogen-bond donors (Lipinski definition) is 0. The molecule has 4 rings (SSSR count). The van der Waals surface area contributed by atoms with Crippen molar-refractivity contribution in [2.75, 3.05) is 0 Å². The van der Waals surface area contributed by atoms with Gasteiger partial charge >= 0.3 is 0 Å². The number of oxazole rings is 1. The Morgan fingerprint density at radius 2 is 1.93 bits per heavy atom. The van der Waals surface area contributed by atoms with Crippen LogP contribution >= 0.6 is 23.4 Å². The van der Waals surface area contributed by atoms with E-state index in [9.17, 15) is 0 Å². The van der Waals surface area contributed by atoms with Gasteiger partial charge in [-0.25, -0.2) is 4.98 Å². The minimum atomic E-state index is 0.560. The average Bonchev–Trinajstić information content (AvgIpc) is 3.26.